The van der Waals surface area contributed by atoms with E-state index in [1.165, 1.54) is 10.5 Å². The highest BCUT2D eigenvalue weighted by Crippen LogP contribution is 2.35. The van der Waals surface area contributed by atoms with Gasteiger partial charge >= 0.3 is 6.09 Å². The van der Waals surface area contributed by atoms with Gasteiger partial charge in [0.25, 0.3) is 0 Å². The molecule has 1 amide bonds. The molecule has 1 heterocycles. The van der Waals surface area contributed by atoms with Gasteiger partial charge in [0.2, 0.25) is 0 Å². The largest absolute Gasteiger partial charge is 0.435 e. The molecule has 0 bridgehead atoms. The van der Waals surface area contributed by atoms with Crippen molar-refractivity contribution in [1.82, 2.24) is 5.32 Å². The summed E-state index contributed by atoms with van der Waals surface area (Å²) in [6, 6.07) is 18.1. The van der Waals surface area contributed by atoms with Gasteiger partial charge < -0.3 is 10.1 Å². The number of carbonyl (C=O) groups excluding carboxylic acids is 1. The first-order valence-electron chi connectivity index (χ1n) is 7.04. The second kappa shape index (κ2) is 6.68. The fourth-order valence-electron chi connectivity index (χ4n) is 2.31. The number of rotatable bonds is 3. The number of alkyl carbamates (subject to hydrolysis) is 1. The number of amides is 1. The van der Waals surface area contributed by atoms with Crippen LogP contribution in [0.5, 0.6) is 0 Å². The van der Waals surface area contributed by atoms with Gasteiger partial charge in [-0.15, -0.1) is 0 Å². The van der Waals surface area contributed by atoms with Crippen LogP contribution < -0.4 is 5.32 Å². The van der Waals surface area contributed by atoms with E-state index in [4.69, 9.17) is 4.74 Å². The summed E-state index contributed by atoms with van der Waals surface area (Å²) in [6.07, 6.45) is 1.47. The van der Waals surface area contributed by atoms with Crippen LogP contribution in [0, 0.1) is 0 Å². The van der Waals surface area contributed by atoms with Crippen LogP contribution in [-0.4, -0.2) is 11.5 Å². The Morgan fingerprint density at radius 1 is 1.14 bits per heavy atom. The molecule has 21 heavy (non-hydrogen) atoms. The highest BCUT2D eigenvalue weighted by atomic mass is 32.2. The van der Waals surface area contributed by atoms with Crippen LogP contribution in [0.4, 0.5) is 4.79 Å². The maximum atomic E-state index is 11.8. The number of ether oxygens (including phenoxy) is 1. The van der Waals surface area contributed by atoms with Crippen LogP contribution >= 0.6 is 11.8 Å². The number of aryl methyl sites for hydroxylation is 1. The minimum absolute atomic E-state index is 0.101. The quantitative estimate of drug-likeness (QED) is 0.931. The molecule has 3 nitrogen and oxygen atoms in total. The molecule has 1 atom stereocenters. The summed E-state index contributed by atoms with van der Waals surface area (Å²) in [6.45, 7) is 0.494. The number of thioether (sulfide) groups is 1. The molecule has 0 radical (unpaired) electrons. The third kappa shape index (κ3) is 3.79. The highest BCUT2D eigenvalue weighted by Gasteiger charge is 2.22. The minimum Gasteiger partial charge on any atom is -0.435 e. The van der Waals surface area contributed by atoms with Crippen molar-refractivity contribution < 1.29 is 9.53 Å². The van der Waals surface area contributed by atoms with Gasteiger partial charge in [-0.05, 0) is 30.0 Å². The summed E-state index contributed by atoms with van der Waals surface area (Å²) < 4.78 is 5.48. The van der Waals surface area contributed by atoms with Gasteiger partial charge in [-0.1, -0.05) is 60.3 Å². The van der Waals surface area contributed by atoms with Gasteiger partial charge in [-0.2, -0.15) is 0 Å². The van der Waals surface area contributed by atoms with E-state index >= 15 is 0 Å². The third-order valence-electron chi connectivity index (χ3n) is 3.40. The molecule has 0 aliphatic carbocycles. The van der Waals surface area contributed by atoms with Crippen molar-refractivity contribution in [2.24, 2.45) is 0 Å². The second-order valence-electron chi connectivity index (χ2n) is 4.94. The zero-order valence-corrected chi connectivity index (χ0v) is 12.4. The fraction of sp³-hybridized carbons (Fsp3) is 0.235. The molecule has 108 valence electrons. The van der Waals surface area contributed by atoms with Crippen molar-refractivity contribution in [3.8, 4) is 0 Å². The van der Waals surface area contributed by atoms with Gasteiger partial charge in [0.1, 0.15) is 0 Å². The van der Waals surface area contributed by atoms with E-state index in [0.29, 0.717) is 6.54 Å². The lowest BCUT2D eigenvalue weighted by atomic mass is 10.1. The Morgan fingerprint density at radius 2 is 1.90 bits per heavy atom. The summed E-state index contributed by atoms with van der Waals surface area (Å²) in [5.41, 5.74) is 2.30. The Bertz CT molecular complexity index is 615. The van der Waals surface area contributed by atoms with Gasteiger partial charge in [0.15, 0.2) is 5.44 Å². The Kier molecular flexibility index (Phi) is 4.46. The van der Waals surface area contributed by atoms with E-state index in [9.17, 15) is 4.79 Å². The van der Waals surface area contributed by atoms with E-state index in [1.807, 2.05) is 42.5 Å². The standard InChI is InChI=1S/C17H17NO2S/c19-17(18-12-13-6-2-1-3-7-13)20-16-11-10-14-8-4-5-9-15(14)21-16/h1-9,16H,10-12H2,(H,18,19). The molecule has 2 aromatic rings. The average molecular weight is 299 g/mol. The second-order valence-corrected chi connectivity index (χ2v) is 6.14. The normalized spacial score (nSPS) is 16.9. The van der Waals surface area contributed by atoms with Crippen molar-refractivity contribution in [3.05, 3.63) is 65.7 Å². The SMILES string of the molecule is O=C(NCc1ccccc1)OC1CCc2ccccc2S1. The van der Waals surface area contributed by atoms with Gasteiger partial charge in [0.05, 0.1) is 0 Å². The van der Waals surface area contributed by atoms with Crippen LogP contribution in [0.2, 0.25) is 0 Å². The highest BCUT2D eigenvalue weighted by molar-refractivity contribution is 7.99. The van der Waals surface area contributed by atoms with Gasteiger partial charge in [0, 0.05) is 11.4 Å². The van der Waals surface area contributed by atoms with Crippen molar-refractivity contribution in [2.75, 3.05) is 0 Å². The van der Waals surface area contributed by atoms with Crippen LogP contribution in [0.25, 0.3) is 0 Å². The van der Waals surface area contributed by atoms with Crippen LogP contribution in [0.15, 0.2) is 59.5 Å². The van der Waals surface area contributed by atoms with Crippen LogP contribution in [0.3, 0.4) is 0 Å². The molecule has 0 spiro atoms. The van der Waals surface area contributed by atoms with Gasteiger partial charge in [-0.3, -0.25) is 0 Å². The van der Waals surface area contributed by atoms with Crippen molar-refractivity contribution >= 4 is 17.9 Å². The van der Waals surface area contributed by atoms with E-state index in [1.54, 1.807) is 11.8 Å². The van der Waals surface area contributed by atoms with E-state index in [0.717, 1.165) is 18.4 Å². The molecule has 1 aliphatic heterocycles. The lowest BCUT2D eigenvalue weighted by Crippen LogP contribution is -2.28. The number of nitrogens with one attached hydrogen (secondary N) is 1. The van der Waals surface area contributed by atoms with E-state index in [2.05, 4.69) is 17.4 Å². The topological polar surface area (TPSA) is 38.3 Å². The molecule has 1 unspecified atom stereocenters. The Labute approximate surface area is 128 Å². The predicted octanol–water partition coefficient (Wildman–Crippen LogP) is 3.98. The monoisotopic (exact) mass is 299 g/mol. The Morgan fingerprint density at radius 3 is 2.76 bits per heavy atom. The first-order valence-corrected chi connectivity index (χ1v) is 7.92. The summed E-state index contributed by atoms with van der Waals surface area (Å²) >= 11 is 1.62. The smallest absolute Gasteiger partial charge is 0.408 e. The Balaban J connectivity index is 1.50. The minimum atomic E-state index is -0.351. The van der Waals surface area contributed by atoms with Crippen molar-refractivity contribution in [2.45, 2.75) is 29.7 Å². The summed E-state index contributed by atoms with van der Waals surface area (Å²) in [7, 11) is 0. The lowest BCUT2D eigenvalue weighted by molar-refractivity contribution is 0.130. The zero-order valence-electron chi connectivity index (χ0n) is 11.6. The molecule has 0 fully saturated rings. The number of carbonyl (C=O) groups is 1. The predicted molar refractivity (Wildman–Crippen MR) is 84.2 cm³/mol. The first kappa shape index (κ1) is 14.0. The zero-order chi connectivity index (χ0) is 14.5. The molecule has 0 aromatic heterocycles. The average Bonchev–Trinajstić information content (AvgIpc) is 2.54. The molecular formula is C17H17NO2S. The molecule has 0 saturated heterocycles. The number of hydrogen-bond donors (Lipinski definition) is 1. The summed E-state index contributed by atoms with van der Waals surface area (Å²) in [5, 5.41) is 2.80. The molecule has 1 N–H and O–H groups in total. The fourth-order valence-corrected chi connectivity index (χ4v) is 3.45. The van der Waals surface area contributed by atoms with Gasteiger partial charge in [-0.25, -0.2) is 4.79 Å². The third-order valence-corrected chi connectivity index (χ3v) is 4.65. The van der Waals surface area contributed by atoms with Crippen molar-refractivity contribution in [3.63, 3.8) is 0 Å². The van der Waals surface area contributed by atoms with Crippen LogP contribution in [0.1, 0.15) is 17.5 Å². The molecule has 1 aliphatic rings. The first-order chi connectivity index (χ1) is 10.3. The lowest BCUT2D eigenvalue weighted by Gasteiger charge is -2.23. The van der Waals surface area contributed by atoms with Crippen molar-refractivity contribution in [1.29, 1.82) is 0 Å². The molecular weight excluding hydrogens is 282 g/mol. The van der Waals surface area contributed by atoms with E-state index < -0.39 is 0 Å². The molecule has 0 saturated carbocycles. The number of benzene rings is 2. The molecule has 2 aromatic carbocycles. The Hall–Kier alpha value is -1.94. The summed E-state index contributed by atoms with van der Waals surface area (Å²) in [5.74, 6) is 0. The number of fused-ring (bicyclic) bond motifs is 1. The van der Waals surface area contributed by atoms with E-state index in [-0.39, 0.29) is 11.5 Å². The maximum absolute atomic E-state index is 11.8. The van der Waals surface area contributed by atoms with Crippen LogP contribution in [-0.2, 0) is 17.7 Å². The number of hydrogen-bond acceptors (Lipinski definition) is 3. The molecule has 3 rings (SSSR count). The molecule has 4 heteroatoms. The summed E-state index contributed by atoms with van der Waals surface area (Å²) in [4.78, 5) is 13.1. The maximum Gasteiger partial charge on any atom is 0.408 e.